The van der Waals surface area contributed by atoms with Crippen molar-refractivity contribution in [1.29, 1.82) is 0 Å². The molecule has 172 valence electrons. The van der Waals surface area contributed by atoms with Crippen molar-refractivity contribution in [3.8, 4) is 0 Å². The lowest BCUT2D eigenvalue weighted by atomic mass is 10.1. The summed E-state index contributed by atoms with van der Waals surface area (Å²) in [7, 11) is -11.4. The van der Waals surface area contributed by atoms with E-state index in [0.717, 1.165) is 30.8 Å². The summed E-state index contributed by atoms with van der Waals surface area (Å²) in [4.78, 5) is 34.9. The van der Waals surface area contributed by atoms with Gasteiger partial charge in [0.2, 0.25) is 14.7 Å². The molecule has 1 fully saturated rings. The van der Waals surface area contributed by atoms with Crippen LogP contribution >= 0.6 is 22.3 Å². The van der Waals surface area contributed by atoms with Crippen LogP contribution in [0.25, 0.3) is 0 Å². The monoisotopic (exact) mass is 490 g/mol. The summed E-state index contributed by atoms with van der Waals surface area (Å²) in [6.07, 6.45) is -4.56. The minimum atomic E-state index is -4.00. The number of aromatic amines is 1. The summed E-state index contributed by atoms with van der Waals surface area (Å²) in [5.41, 5.74) is -1.31. The van der Waals surface area contributed by atoms with Crippen molar-refractivity contribution in [3.05, 3.63) is 32.6 Å². The number of hydrogen-bond donors (Lipinski definition) is 4. The largest absolute Gasteiger partial charge is 0.387 e. The first-order chi connectivity index (χ1) is 13.5. The summed E-state index contributed by atoms with van der Waals surface area (Å²) < 4.78 is 52.6. The molecule has 7 unspecified atom stereocenters. The highest BCUT2D eigenvalue weighted by Crippen LogP contribution is 2.65. The van der Waals surface area contributed by atoms with Gasteiger partial charge in [-0.05, 0) is 6.92 Å². The van der Waals surface area contributed by atoms with Gasteiger partial charge < -0.3 is 24.4 Å². The Morgan fingerprint density at radius 2 is 1.77 bits per heavy atom. The predicted molar refractivity (Wildman–Crippen MR) is 107 cm³/mol. The SMILES string of the molecule is Cc1cn(C2OC(COP(C)(=O)OP(C)(=O)CP(C)(=O)O)C(O)C2O)c(=O)[nH]c1=O. The highest BCUT2D eigenvalue weighted by molar-refractivity contribution is 7.78. The van der Waals surface area contributed by atoms with Crippen molar-refractivity contribution in [1.82, 2.24) is 9.55 Å². The van der Waals surface area contributed by atoms with Crippen molar-refractivity contribution < 1.29 is 42.4 Å². The fraction of sp³-hybridized carbons (Fsp3) is 0.714. The Hall–Kier alpha value is -0.870. The summed E-state index contributed by atoms with van der Waals surface area (Å²) in [6, 6.07) is 0. The molecule has 7 atom stereocenters. The van der Waals surface area contributed by atoms with Crippen LogP contribution in [0.2, 0.25) is 0 Å². The molecule has 1 aliphatic rings. The molecule has 0 saturated carbocycles. The Labute approximate surface area is 171 Å². The van der Waals surface area contributed by atoms with E-state index in [1.54, 1.807) is 0 Å². The van der Waals surface area contributed by atoms with Crippen LogP contribution in [-0.4, -0.2) is 75.5 Å². The van der Waals surface area contributed by atoms with E-state index in [0.29, 0.717) is 0 Å². The van der Waals surface area contributed by atoms with E-state index in [2.05, 4.69) is 0 Å². The maximum Gasteiger partial charge on any atom is 0.333 e. The Morgan fingerprint density at radius 3 is 2.33 bits per heavy atom. The van der Waals surface area contributed by atoms with Gasteiger partial charge in [-0.3, -0.25) is 32.4 Å². The number of hydrogen-bond acceptors (Lipinski definition) is 10. The Balaban J connectivity index is 2.09. The van der Waals surface area contributed by atoms with Gasteiger partial charge >= 0.3 is 13.3 Å². The van der Waals surface area contributed by atoms with Gasteiger partial charge in [0.05, 0.1) is 6.61 Å². The van der Waals surface area contributed by atoms with Gasteiger partial charge in [0.1, 0.15) is 24.2 Å². The second-order valence-corrected chi connectivity index (χ2v) is 15.1. The quantitative estimate of drug-likeness (QED) is 0.361. The molecule has 4 N–H and O–H groups in total. The molecular formula is C14H25N2O11P3. The Bertz CT molecular complexity index is 1040. The van der Waals surface area contributed by atoms with Crippen molar-refractivity contribution in [3.63, 3.8) is 0 Å². The molecular weight excluding hydrogens is 465 g/mol. The molecule has 0 spiro atoms. The predicted octanol–water partition coefficient (Wildman–Crippen LogP) is 0.0859. The van der Waals surface area contributed by atoms with Crippen molar-refractivity contribution in [2.24, 2.45) is 0 Å². The first-order valence-electron chi connectivity index (χ1n) is 8.64. The van der Waals surface area contributed by atoms with Crippen LogP contribution in [0, 0.1) is 6.92 Å². The van der Waals surface area contributed by atoms with Gasteiger partial charge in [-0.1, -0.05) is 0 Å². The maximum atomic E-state index is 12.5. The van der Waals surface area contributed by atoms with Gasteiger partial charge in [0.15, 0.2) is 6.23 Å². The maximum absolute atomic E-state index is 12.5. The van der Waals surface area contributed by atoms with E-state index in [1.807, 2.05) is 4.98 Å². The molecule has 0 aromatic carbocycles. The van der Waals surface area contributed by atoms with E-state index in [9.17, 15) is 38.4 Å². The number of H-pyrrole nitrogens is 1. The molecule has 0 amide bonds. The zero-order valence-electron chi connectivity index (χ0n) is 16.7. The van der Waals surface area contributed by atoms with Gasteiger partial charge in [0, 0.05) is 31.8 Å². The summed E-state index contributed by atoms with van der Waals surface area (Å²) in [5.74, 6) is -0.695. The first-order valence-corrected chi connectivity index (χ1v) is 15.2. The number of ether oxygens (including phenoxy) is 1. The number of aliphatic hydroxyl groups is 2. The average Bonchev–Trinajstić information content (AvgIpc) is 2.81. The first kappa shape index (κ1) is 25.4. The second-order valence-electron chi connectivity index (χ2n) is 7.38. The lowest BCUT2D eigenvalue weighted by Crippen LogP contribution is -2.38. The third-order valence-electron chi connectivity index (χ3n) is 4.07. The fourth-order valence-electron chi connectivity index (χ4n) is 2.92. The van der Waals surface area contributed by atoms with E-state index in [1.165, 1.54) is 6.92 Å². The number of nitrogens with one attached hydrogen (secondary N) is 1. The van der Waals surface area contributed by atoms with E-state index >= 15 is 0 Å². The van der Waals surface area contributed by atoms with E-state index in [-0.39, 0.29) is 5.56 Å². The standard InChI is InChI=1S/C14H25N2O11P3/c1-8-5-16(14(20)15-12(8)19)13-11(18)10(17)9(26-13)6-25-30(4,24)27-29(3,23)7-28(2,21)22/h5,9-11,13,17-18H,6-7H2,1-4H3,(H,21,22)(H,15,19,20). The van der Waals surface area contributed by atoms with Crippen LogP contribution in [0.15, 0.2) is 15.8 Å². The average molecular weight is 490 g/mol. The number of aliphatic hydroxyl groups excluding tert-OH is 2. The highest BCUT2D eigenvalue weighted by atomic mass is 31.3. The second kappa shape index (κ2) is 8.94. The number of nitrogens with zero attached hydrogens (tertiary/aromatic N) is 1. The van der Waals surface area contributed by atoms with Crippen molar-refractivity contribution in [2.75, 3.05) is 32.5 Å². The summed E-state index contributed by atoms with van der Waals surface area (Å²) in [5, 5.41) is 20.4. The third kappa shape index (κ3) is 6.56. The third-order valence-corrected chi connectivity index (χ3v) is 11.4. The molecule has 1 aromatic heterocycles. The van der Waals surface area contributed by atoms with Crippen LogP contribution in [-0.2, 0) is 27.3 Å². The molecule has 13 nitrogen and oxygen atoms in total. The molecule has 0 radical (unpaired) electrons. The number of aromatic nitrogens is 2. The molecule has 16 heteroatoms. The van der Waals surface area contributed by atoms with Crippen LogP contribution in [0.1, 0.15) is 11.8 Å². The lowest BCUT2D eigenvalue weighted by molar-refractivity contribution is -0.0522. The molecule has 1 saturated heterocycles. The molecule has 2 rings (SSSR count). The van der Waals surface area contributed by atoms with Gasteiger partial charge in [-0.15, -0.1) is 0 Å². The minimum Gasteiger partial charge on any atom is -0.387 e. The molecule has 1 aromatic rings. The molecule has 0 bridgehead atoms. The van der Waals surface area contributed by atoms with Crippen molar-refractivity contribution >= 4 is 22.3 Å². The van der Waals surface area contributed by atoms with Crippen LogP contribution in [0.4, 0.5) is 0 Å². The highest BCUT2D eigenvalue weighted by Gasteiger charge is 2.45. The number of aryl methyl sites for hydroxylation is 1. The van der Waals surface area contributed by atoms with Crippen LogP contribution in [0.5, 0.6) is 0 Å². The van der Waals surface area contributed by atoms with E-state index < -0.39 is 70.6 Å². The summed E-state index contributed by atoms with van der Waals surface area (Å²) >= 11 is 0. The van der Waals surface area contributed by atoms with Gasteiger partial charge in [0.25, 0.3) is 5.56 Å². The molecule has 1 aliphatic heterocycles. The summed E-state index contributed by atoms with van der Waals surface area (Å²) in [6.45, 7) is 3.89. The zero-order valence-corrected chi connectivity index (χ0v) is 19.4. The smallest absolute Gasteiger partial charge is 0.333 e. The van der Waals surface area contributed by atoms with Crippen LogP contribution < -0.4 is 11.2 Å². The minimum absolute atomic E-state index is 0.168. The van der Waals surface area contributed by atoms with Crippen molar-refractivity contribution in [2.45, 2.75) is 31.5 Å². The zero-order chi connectivity index (χ0) is 23.1. The Kier molecular flexibility index (Phi) is 7.56. The molecule has 0 aliphatic carbocycles. The lowest BCUT2D eigenvalue weighted by Gasteiger charge is -2.22. The van der Waals surface area contributed by atoms with Crippen LogP contribution in [0.3, 0.4) is 0 Å². The fourth-order valence-corrected chi connectivity index (χ4v) is 10.5. The molecule has 2 heterocycles. The Morgan fingerprint density at radius 1 is 1.17 bits per heavy atom. The van der Waals surface area contributed by atoms with E-state index in [4.69, 9.17) is 13.6 Å². The normalized spacial score (nSPS) is 30.4. The number of rotatable bonds is 8. The molecule has 30 heavy (non-hydrogen) atoms. The van der Waals surface area contributed by atoms with Gasteiger partial charge in [-0.25, -0.2) is 4.79 Å². The van der Waals surface area contributed by atoms with Gasteiger partial charge in [-0.2, -0.15) is 0 Å². The topological polar surface area (TPSA) is 194 Å².